The molecule has 1 amide bonds. The highest BCUT2D eigenvalue weighted by atomic mass is 16.2. The second-order valence-electron chi connectivity index (χ2n) is 6.47. The van der Waals surface area contributed by atoms with Crippen LogP contribution in [0.1, 0.15) is 34.9 Å². The molecule has 0 aliphatic heterocycles. The number of carbonyl (C=O) groups is 1. The van der Waals surface area contributed by atoms with Gasteiger partial charge in [-0.05, 0) is 43.0 Å². The summed E-state index contributed by atoms with van der Waals surface area (Å²) in [5.41, 5.74) is 2.53. The van der Waals surface area contributed by atoms with E-state index in [1.807, 2.05) is 54.4 Å². The topological polar surface area (TPSA) is 61.9 Å². The molecule has 2 heterocycles. The monoisotopic (exact) mass is 332 g/mol. The fourth-order valence-corrected chi connectivity index (χ4v) is 3.27. The van der Waals surface area contributed by atoms with E-state index >= 15 is 0 Å². The summed E-state index contributed by atoms with van der Waals surface area (Å²) < 4.78 is 0. The Bertz CT molecular complexity index is 856. The molecule has 4 rings (SSSR count). The van der Waals surface area contributed by atoms with E-state index in [1.165, 1.54) is 0 Å². The number of carbonyl (C=O) groups excluding carboxylic acids is 1. The van der Waals surface area contributed by atoms with Crippen molar-refractivity contribution in [3.8, 4) is 11.4 Å². The Morgan fingerprint density at radius 1 is 1.16 bits per heavy atom. The maximum atomic E-state index is 13.1. The van der Waals surface area contributed by atoms with E-state index in [9.17, 15) is 4.79 Å². The van der Waals surface area contributed by atoms with Crippen LogP contribution in [0.15, 0.2) is 61.1 Å². The zero-order valence-corrected chi connectivity index (χ0v) is 14.1. The van der Waals surface area contributed by atoms with Crippen molar-refractivity contribution < 1.29 is 4.79 Å². The molecule has 1 fully saturated rings. The SMILES string of the molecule is CN(C(=O)c1cccc(-c2ncc[nH]2)c1)[C@H](c1ccccn1)C1CC1. The minimum atomic E-state index is 0.0101. The van der Waals surface area contributed by atoms with Gasteiger partial charge in [-0.15, -0.1) is 0 Å². The van der Waals surface area contributed by atoms with Crippen LogP contribution in [-0.2, 0) is 0 Å². The van der Waals surface area contributed by atoms with Gasteiger partial charge in [0.15, 0.2) is 0 Å². The second-order valence-corrected chi connectivity index (χ2v) is 6.47. The Morgan fingerprint density at radius 2 is 2.04 bits per heavy atom. The van der Waals surface area contributed by atoms with Crippen molar-refractivity contribution in [2.45, 2.75) is 18.9 Å². The van der Waals surface area contributed by atoms with Crippen molar-refractivity contribution in [3.05, 3.63) is 72.3 Å². The minimum Gasteiger partial charge on any atom is -0.345 e. The first-order chi connectivity index (χ1) is 12.2. The first-order valence-corrected chi connectivity index (χ1v) is 8.52. The largest absolute Gasteiger partial charge is 0.345 e. The van der Waals surface area contributed by atoms with Gasteiger partial charge in [-0.25, -0.2) is 4.98 Å². The standard InChI is InChI=1S/C20H20N4O/c1-24(18(14-8-9-14)17-7-2-3-10-21-17)20(25)16-6-4-5-15(13-16)19-22-11-12-23-19/h2-7,10-14,18H,8-9H2,1H3,(H,22,23)/t18-/m0/s1. The van der Waals surface area contributed by atoms with Crippen molar-refractivity contribution in [2.24, 2.45) is 5.92 Å². The Hall–Kier alpha value is -2.95. The van der Waals surface area contributed by atoms with Crippen LogP contribution in [0.25, 0.3) is 11.4 Å². The lowest BCUT2D eigenvalue weighted by Crippen LogP contribution is -2.33. The molecule has 1 saturated carbocycles. The minimum absolute atomic E-state index is 0.0101. The molecule has 1 aliphatic carbocycles. The molecule has 0 saturated heterocycles. The smallest absolute Gasteiger partial charge is 0.254 e. The van der Waals surface area contributed by atoms with Crippen molar-refractivity contribution in [3.63, 3.8) is 0 Å². The predicted molar refractivity (Wildman–Crippen MR) is 95.8 cm³/mol. The molecule has 0 spiro atoms. The number of imidazole rings is 1. The van der Waals surface area contributed by atoms with Crippen molar-refractivity contribution in [1.82, 2.24) is 19.9 Å². The molecule has 3 aromatic rings. The number of H-pyrrole nitrogens is 1. The van der Waals surface area contributed by atoms with Crippen molar-refractivity contribution in [1.29, 1.82) is 0 Å². The Labute approximate surface area is 146 Å². The normalized spacial score (nSPS) is 14.9. The second kappa shape index (κ2) is 6.51. The predicted octanol–water partition coefficient (Wildman–Crippen LogP) is 3.70. The fraction of sp³-hybridized carbons (Fsp3) is 0.250. The van der Waals surface area contributed by atoms with Crippen LogP contribution < -0.4 is 0 Å². The van der Waals surface area contributed by atoms with Gasteiger partial charge in [-0.1, -0.05) is 18.2 Å². The van der Waals surface area contributed by atoms with Gasteiger partial charge in [-0.3, -0.25) is 9.78 Å². The molecule has 0 unspecified atom stereocenters. The summed E-state index contributed by atoms with van der Waals surface area (Å²) in [6, 6.07) is 13.5. The summed E-state index contributed by atoms with van der Waals surface area (Å²) in [5.74, 6) is 1.27. The van der Waals surface area contributed by atoms with Crippen LogP contribution in [0.3, 0.4) is 0 Å². The highest BCUT2D eigenvalue weighted by molar-refractivity contribution is 5.95. The van der Waals surface area contributed by atoms with Gasteiger partial charge < -0.3 is 9.88 Å². The number of nitrogens with one attached hydrogen (secondary N) is 1. The third kappa shape index (κ3) is 3.18. The zero-order valence-electron chi connectivity index (χ0n) is 14.1. The number of hydrogen-bond acceptors (Lipinski definition) is 3. The molecular formula is C20H20N4O. The summed E-state index contributed by atoms with van der Waals surface area (Å²) in [6.45, 7) is 0. The van der Waals surface area contributed by atoms with Gasteiger partial charge in [0.1, 0.15) is 5.82 Å². The molecule has 0 bridgehead atoms. The van der Waals surface area contributed by atoms with Crippen LogP contribution >= 0.6 is 0 Å². The molecule has 126 valence electrons. The summed E-state index contributed by atoms with van der Waals surface area (Å²) in [7, 11) is 1.87. The van der Waals surface area contributed by atoms with E-state index in [1.54, 1.807) is 18.6 Å². The molecule has 5 nitrogen and oxygen atoms in total. The number of rotatable bonds is 5. The van der Waals surface area contributed by atoms with Gasteiger partial charge in [0.2, 0.25) is 0 Å². The van der Waals surface area contributed by atoms with E-state index in [0.717, 1.165) is 29.9 Å². The summed E-state index contributed by atoms with van der Waals surface area (Å²) >= 11 is 0. The van der Waals surface area contributed by atoms with Gasteiger partial charge in [0.25, 0.3) is 5.91 Å². The number of benzene rings is 1. The molecule has 25 heavy (non-hydrogen) atoms. The number of hydrogen-bond donors (Lipinski definition) is 1. The summed E-state index contributed by atoms with van der Waals surface area (Å²) in [5, 5.41) is 0. The van der Waals surface area contributed by atoms with Crippen molar-refractivity contribution in [2.75, 3.05) is 7.05 Å². The molecule has 0 radical (unpaired) electrons. The molecule has 1 N–H and O–H groups in total. The first kappa shape index (κ1) is 15.6. The lowest BCUT2D eigenvalue weighted by molar-refractivity contribution is 0.0707. The van der Waals surface area contributed by atoms with E-state index in [-0.39, 0.29) is 11.9 Å². The molecule has 5 heteroatoms. The Morgan fingerprint density at radius 3 is 2.72 bits per heavy atom. The summed E-state index contributed by atoms with van der Waals surface area (Å²) in [4.78, 5) is 26.7. The number of aromatic nitrogens is 3. The highest BCUT2D eigenvalue weighted by Gasteiger charge is 2.37. The quantitative estimate of drug-likeness (QED) is 0.775. The van der Waals surface area contributed by atoms with E-state index in [4.69, 9.17) is 0 Å². The van der Waals surface area contributed by atoms with E-state index in [2.05, 4.69) is 15.0 Å². The van der Waals surface area contributed by atoms with Gasteiger partial charge in [-0.2, -0.15) is 0 Å². The maximum absolute atomic E-state index is 13.1. The van der Waals surface area contributed by atoms with Gasteiger partial charge >= 0.3 is 0 Å². The number of pyridine rings is 1. The maximum Gasteiger partial charge on any atom is 0.254 e. The molecule has 1 aliphatic rings. The van der Waals surface area contributed by atoms with E-state index < -0.39 is 0 Å². The van der Waals surface area contributed by atoms with Crippen LogP contribution in [0.5, 0.6) is 0 Å². The number of amides is 1. The number of nitrogens with zero attached hydrogens (tertiary/aromatic N) is 3. The molecule has 1 atom stereocenters. The van der Waals surface area contributed by atoms with Crippen LogP contribution in [0.4, 0.5) is 0 Å². The first-order valence-electron chi connectivity index (χ1n) is 8.52. The third-order valence-electron chi connectivity index (χ3n) is 4.68. The fourth-order valence-electron chi connectivity index (χ4n) is 3.27. The zero-order chi connectivity index (χ0) is 17.2. The van der Waals surface area contributed by atoms with Crippen molar-refractivity contribution >= 4 is 5.91 Å². The molecule has 1 aromatic carbocycles. The van der Waals surface area contributed by atoms with Gasteiger partial charge in [0.05, 0.1) is 11.7 Å². The third-order valence-corrected chi connectivity index (χ3v) is 4.68. The lowest BCUT2D eigenvalue weighted by Gasteiger charge is -2.28. The summed E-state index contributed by atoms with van der Waals surface area (Å²) in [6.07, 6.45) is 7.57. The Balaban J connectivity index is 1.62. The lowest BCUT2D eigenvalue weighted by atomic mass is 10.0. The average Bonchev–Trinajstić information content (AvgIpc) is 3.33. The molecular weight excluding hydrogens is 312 g/mol. The van der Waals surface area contributed by atoms with Crippen LogP contribution in [-0.4, -0.2) is 32.8 Å². The van der Waals surface area contributed by atoms with Crippen LogP contribution in [0, 0.1) is 5.92 Å². The van der Waals surface area contributed by atoms with E-state index in [0.29, 0.717) is 11.5 Å². The van der Waals surface area contributed by atoms with Crippen LogP contribution in [0.2, 0.25) is 0 Å². The Kier molecular flexibility index (Phi) is 4.06. The van der Waals surface area contributed by atoms with Gasteiger partial charge in [0, 0.05) is 36.8 Å². The highest BCUT2D eigenvalue weighted by Crippen LogP contribution is 2.43. The number of aromatic amines is 1. The molecule has 2 aromatic heterocycles. The average molecular weight is 332 g/mol.